The van der Waals surface area contributed by atoms with Gasteiger partial charge in [0.1, 0.15) is 11.7 Å². The number of aliphatic hydroxyl groups is 2. The summed E-state index contributed by atoms with van der Waals surface area (Å²) < 4.78 is 13.8. The van der Waals surface area contributed by atoms with E-state index in [0.717, 1.165) is 30.5 Å². The van der Waals surface area contributed by atoms with E-state index in [0.29, 0.717) is 56.0 Å². The van der Waals surface area contributed by atoms with Crippen LogP contribution in [0.3, 0.4) is 0 Å². The number of carbonyl (C=O) groups excluding carboxylic acids is 1. The monoisotopic (exact) mass is 698 g/mol. The zero-order chi connectivity index (χ0) is 28.4. The summed E-state index contributed by atoms with van der Waals surface area (Å²) in [5.41, 5.74) is 7.11. The number of amides is 1. The van der Waals surface area contributed by atoms with Crippen LogP contribution >= 0.6 is 45.5 Å². The molecule has 2 heterocycles. The Morgan fingerprint density at radius 3 is 2.77 bits per heavy atom. The van der Waals surface area contributed by atoms with E-state index in [9.17, 15) is 15.0 Å². The van der Waals surface area contributed by atoms with Crippen molar-refractivity contribution in [3.8, 4) is 11.1 Å². The van der Waals surface area contributed by atoms with E-state index < -0.39 is 17.8 Å². The second-order valence-electron chi connectivity index (χ2n) is 10.8. The van der Waals surface area contributed by atoms with Crippen LogP contribution in [-0.4, -0.2) is 72.7 Å². The maximum Gasteiger partial charge on any atom is 0.226 e. The lowest BCUT2D eigenvalue weighted by molar-refractivity contribution is -0.167. The Kier molecular flexibility index (Phi) is 9.73. The van der Waals surface area contributed by atoms with Gasteiger partial charge in [0.2, 0.25) is 5.91 Å². The third-order valence-electron chi connectivity index (χ3n) is 8.28. The van der Waals surface area contributed by atoms with Gasteiger partial charge in [-0.2, -0.15) is 0 Å². The Hall–Kier alpha value is -1.31. The summed E-state index contributed by atoms with van der Waals surface area (Å²) in [5, 5.41) is 24.5. The van der Waals surface area contributed by atoms with Crippen LogP contribution in [-0.2, 0) is 19.9 Å². The van der Waals surface area contributed by atoms with E-state index in [4.69, 9.17) is 26.8 Å². The van der Waals surface area contributed by atoms with Gasteiger partial charge in [0.05, 0.1) is 22.1 Å². The van der Waals surface area contributed by atoms with Crippen molar-refractivity contribution in [2.45, 2.75) is 56.0 Å². The molecule has 0 spiro atoms. The molecule has 10 heteroatoms. The van der Waals surface area contributed by atoms with Crippen molar-refractivity contribution in [2.75, 3.05) is 33.4 Å². The molecule has 1 saturated carbocycles. The van der Waals surface area contributed by atoms with Crippen LogP contribution in [0.4, 0.5) is 0 Å². The predicted molar refractivity (Wildman–Crippen MR) is 168 cm³/mol. The van der Waals surface area contributed by atoms with Gasteiger partial charge in [0.15, 0.2) is 0 Å². The van der Waals surface area contributed by atoms with E-state index >= 15 is 0 Å². The van der Waals surface area contributed by atoms with E-state index in [1.54, 1.807) is 23.3 Å². The first-order valence-electron chi connectivity index (χ1n) is 13.8. The highest BCUT2D eigenvalue weighted by molar-refractivity contribution is 14.1. The molecule has 5 rings (SSSR count). The topological polar surface area (TPSA) is 105 Å². The Bertz CT molecular complexity index is 1340. The fourth-order valence-electron chi connectivity index (χ4n) is 6.14. The molecule has 1 aliphatic heterocycles. The summed E-state index contributed by atoms with van der Waals surface area (Å²) >= 11 is 11.0. The van der Waals surface area contributed by atoms with Gasteiger partial charge in [-0.15, -0.1) is 11.3 Å². The molecule has 1 amide bonds. The van der Waals surface area contributed by atoms with Crippen molar-refractivity contribution in [1.29, 1.82) is 0 Å². The van der Waals surface area contributed by atoms with Crippen LogP contribution in [0.5, 0.6) is 0 Å². The zero-order valence-electron chi connectivity index (χ0n) is 22.5. The molecule has 1 aliphatic carbocycles. The van der Waals surface area contributed by atoms with Crippen molar-refractivity contribution in [3.63, 3.8) is 0 Å². The third-order valence-corrected chi connectivity index (χ3v) is 10.8. The highest BCUT2D eigenvalue weighted by Gasteiger charge is 2.46. The normalized spacial score (nSPS) is 24.9. The number of thiophene rings is 1. The minimum atomic E-state index is -1.41. The highest BCUT2D eigenvalue weighted by atomic mass is 127. The lowest BCUT2D eigenvalue weighted by Crippen LogP contribution is -2.55. The van der Waals surface area contributed by atoms with Crippen LogP contribution in [0.25, 0.3) is 21.2 Å². The quantitative estimate of drug-likeness (QED) is 0.211. The summed E-state index contributed by atoms with van der Waals surface area (Å²) in [7, 11) is 1.67. The molecule has 2 aromatic carbocycles. The zero-order valence-corrected chi connectivity index (χ0v) is 26.3. The average molecular weight is 699 g/mol. The molecule has 5 atom stereocenters. The van der Waals surface area contributed by atoms with Gasteiger partial charge in [-0.05, 0) is 72.4 Å². The first-order valence-corrected chi connectivity index (χ1v) is 16.0. The second-order valence-corrected chi connectivity index (χ2v) is 14.1. The molecule has 4 N–H and O–H groups in total. The molecule has 1 saturated heterocycles. The van der Waals surface area contributed by atoms with E-state index in [2.05, 4.69) is 34.7 Å². The average Bonchev–Trinajstić information content (AvgIpc) is 3.47. The molecule has 2 fully saturated rings. The smallest absolute Gasteiger partial charge is 0.226 e. The molecule has 0 radical (unpaired) electrons. The van der Waals surface area contributed by atoms with Crippen LogP contribution in [0, 0.1) is 8.80 Å². The number of aliphatic hydroxyl groups excluding tert-OH is 1. The lowest BCUT2D eigenvalue weighted by atomic mass is 9.79. The molecule has 0 bridgehead atoms. The number of carbonyl (C=O) groups is 1. The first kappa shape index (κ1) is 30.2. The van der Waals surface area contributed by atoms with Crippen molar-refractivity contribution in [3.05, 3.63) is 55.9 Å². The molecule has 7 nitrogen and oxygen atoms in total. The fourth-order valence-corrected chi connectivity index (χ4v) is 8.62. The molecule has 2 aliphatic rings. The van der Waals surface area contributed by atoms with Gasteiger partial charge in [-0.25, -0.2) is 0 Å². The minimum Gasteiger partial charge on any atom is -0.391 e. The van der Waals surface area contributed by atoms with Crippen LogP contribution in [0.2, 0.25) is 5.02 Å². The number of hydrogen-bond acceptors (Lipinski definition) is 7. The van der Waals surface area contributed by atoms with Gasteiger partial charge < -0.3 is 30.3 Å². The van der Waals surface area contributed by atoms with Crippen molar-refractivity contribution in [1.82, 2.24) is 4.90 Å². The number of methoxy groups -OCH3 is 1. The van der Waals surface area contributed by atoms with Crippen LogP contribution in [0.1, 0.15) is 37.7 Å². The molecular formula is C30H36ClIN2O5S. The number of halogens is 2. The molecule has 3 aromatic rings. The number of fused-ring (bicyclic) bond motifs is 1. The fraction of sp³-hybridized carbons (Fsp3) is 0.500. The first-order chi connectivity index (χ1) is 19.2. The predicted octanol–water partition coefficient (Wildman–Crippen LogP) is 5.16. The lowest BCUT2D eigenvalue weighted by Gasteiger charge is -2.44. The highest BCUT2D eigenvalue weighted by Crippen LogP contribution is 2.48. The standard InChI is InChI=1S/C30H36ClIN2O5S/c1-38-13-5-4-11-30(37,25-17-34(12-14-39-25)29(36)18-15-22(33)23(35)16-18)20-8-6-9-21(31)27(20)26-19-7-2-3-10-24(19)40-28(26)32/h2-3,6-10,18,22-23,25,35,37H,4-5,11-17,33H2,1H3. The second kappa shape index (κ2) is 12.9. The largest absolute Gasteiger partial charge is 0.391 e. The van der Waals surface area contributed by atoms with Crippen molar-refractivity contribution >= 4 is 61.5 Å². The van der Waals surface area contributed by atoms with Crippen molar-refractivity contribution < 1.29 is 24.5 Å². The molecule has 1 aromatic heterocycles. The summed E-state index contributed by atoms with van der Waals surface area (Å²) in [5.74, 6) is -0.356. The van der Waals surface area contributed by atoms with Gasteiger partial charge >= 0.3 is 0 Å². The number of benzene rings is 2. The summed E-state index contributed by atoms with van der Waals surface area (Å²) in [6.07, 6.45) is 1.41. The maximum atomic E-state index is 13.5. The van der Waals surface area contributed by atoms with Crippen LogP contribution in [0.15, 0.2) is 42.5 Å². The van der Waals surface area contributed by atoms with Gasteiger partial charge in [0, 0.05) is 58.5 Å². The van der Waals surface area contributed by atoms with Crippen molar-refractivity contribution in [2.24, 2.45) is 11.7 Å². The summed E-state index contributed by atoms with van der Waals surface area (Å²) in [6, 6.07) is 13.5. The Balaban J connectivity index is 1.54. The number of morpholine rings is 1. The number of unbranched alkanes of at least 4 members (excludes halogenated alkanes) is 1. The van der Waals surface area contributed by atoms with E-state index in [-0.39, 0.29) is 24.4 Å². The molecule has 216 valence electrons. The summed E-state index contributed by atoms with van der Waals surface area (Å²) in [6.45, 7) is 1.58. The third kappa shape index (κ3) is 5.94. The van der Waals surface area contributed by atoms with Gasteiger partial charge in [-0.3, -0.25) is 4.79 Å². The minimum absolute atomic E-state index is 0.0354. The van der Waals surface area contributed by atoms with E-state index in [1.165, 1.54) is 0 Å². The van der Waals surface area contributed by atoms with Gasteiger partial charge in [-0.1, -0.05) is 41.9 Å². The Labute approximate surface area is 257 Å². The molecule has 5 unspecified atom stereocenters. The number of nitrogens with two attached hydrogens (primary N) is 1. The van der Waals surface area contributed by atoms with Gasteiger partial charge in [0.25, 0.3) is 0 Å². The van der Waals surface area contributed by atoms with Crippen LogP contribution < -0.4 is 5.73 Å². The maximum absolute atomic E-state index is 13.5. The number of rotatable bonds is 9. The SMILES string of the molecule is COCCCCC(O)(c1cccc(Cl)c1-c1c(I)sc2ccccc12)C1CN(C(=O)C2CC(N)C(O)C2)CCO1. The Morgan fingerprint density at radius 2 is 2.02 bits per heavy atom. The molecular weight excluding hydrogens is 663 g/mol. The molecule has 40 heavy (non-hydrogen) atoms. The number of ether oxygens (including phenoxy) is 2. The van der Waals surface area contributed by atoms with E-state index in [1.807, 2.05) is 30.3 Å². The number of hydrogen-bond donors (Lipinski definition) is 3. The Morgan fingerprint density at radius 1 is 1.23 bits per heavy atom. The number of nitrogens with zero attached hydrogens (tertiary/aromatic N) is 1. The summed E-state index contributed by atoms with van der Waals surface area (Å²) in [4.78, 5) is 15.3.